The van der Waals surface area contributed by atoms with Crippen LogP contribution in [-0.2, 0) is 4.79 Å². The molecule has 2 amide bonds. The molecule has 4 N–H and O–H groups in total. The van der Waals surface area contributed by atoms with Crippen LogP contribution in [0.2, 0.25) is 0 Å². The molecule has 0 spiro atoms. The summed E-state index contributed by atoms with van der Waals surface area (Å²) in [5.74, 6) is -1.28. The van der Waals surface area contributed by atoms with E-state index in [9.17, 15) is 19.7 Å². The Morgan fingerprint density at radius 1 is 1.42 bits per heavy atom. The third-order valence-corrected chi connectivity index (χ3v) is 2.25. The number of carbonyl (C=O) groups excluding carboxylic acids is 2. The lowest BCUT2D eigenvalue weighted by atomic mass is 10.1. The fourth-order valence-electron chi connectivity index (χ4n) is 1.43. The smallest absolute Gasteiger partial charge is 0.293 e. The predicted molar refractivity (Wildman–Crippen MR) is 68.8 cm³/mol. The molecule has 0 aliphatic heterocycles. The van der Waals surface area contributed by atoms with Crippen LogP contribution < -0.4 is 16.4 Å². The van der Waals surface area contributed by atoms with Gasteiger partial charge in [0.1, 0.15) is 5.69 Å². The predicted octanol–water partition coefficient (Wildman–Crippen LogP) is 0.242. The van der Waals surface area contributed by atoms with Crippen molar-refractivity contribution in [2.75, 3.05) is 18.4 Å². The molecule has 8 nitrogen and oxygen atoms in total. The van der Waals surface area contributed by atoms with Crippen molar-refractivity contribution in [2.45, 2.75) is 6.92 Å². The van der Waals surface area contributed by atoms with E-state index in [4.69, 9.17) is 5.73 Å². The molecule has 102 valence electrons. The second-order valence-corrected chi connectivity index (χ2v) is 3.67. The van der Waals surface area contributed by atoms with Crippen LogP contribution in [0.4, 0.5) is 11.4 Å². The zero-order chi connectivity index (χ0) is 14.4. The van der Waals surface area contributed by atoms with Crippen LogP contribution in [0.25, 0.3) is 0 Å². The van der Waals surface area contributed by atoms with Gasteiger partial charge in [-0.2, -0.15) is 0 Å². The van der Waals surface area contributed by atoms with Gasteiger partial charge in [0.2, 0.25) is 5.91 Å². The van der Waals surface area contributed by atoms with E-state index < -0.39 is 16.7 Å². The van der Waals surface area contributed by atoms with Gasteiger partial charge in [-0.1, -0.05) is 0 Å². The summed E-state index contributed by atoms with van der Waals surface area (Å²) in [5.41, 5.74) is 5.11. The Kier molecular flexibility index (Phi) is 4.81. The molecule has 0 radical (unpaired) electrons. The summed E-state index contributed by atoms with van der Waals surface area (Å²) in [4.78, 5) is 32.5. The molecular weight excluding hydrogens is 252 g/mol. The number of rotatable bonds is 6. The SMILES string of the molecule is CCNc1ccc(C(=O)NCC(N)=O)cc1[N+](=O)[O-]. The number of benzene rings is 1. The first kappa shape index (κ1) is 14.4. The van der Waals surface area contributed by atoms with E-state index in [-0.39, 0.29) is 17.8 Å². The van der Waals surface area contributed by atoms with Crippen molar-refractivity contribution in [2.24, 2.45) is 5.73 Å². The molecule has 0 heterocycles. The van der Waals surface area contributed by atoms with Crippen LogP contribution in [0.3, 0.4) is 0 Å². The van der Waals surface area contributed by atoms with Gasteiger partial charge < -0.3 is 16.4 Å². The highest BCUT2D eigenvalue weighted by molar-refractivity contribution is 5.97. The summed E-state index contributed by atoms with van der Waals surface area (Å²) >= 11 is 0. The third kappa shape index (κ3) is 3.95. The maximum absolute atomic E-state index is 11.6. The van der Waals surface area contributed by atoms with E-state index in [1.165, 1.54) is 12.1 Å². The van der Waals surface area contributed by atoms with Crippen LogP contribution in [-0.4, -0.2) is 29.8 Å². The van der Waals surface area contributed by atoms with Crippen molar-refractivity contribution in [3.05, 3.63) is 33.9 Å². The van der Waals surface area contributed by atoms with Crippen molar-refractivity contribution in [3.63, 3.8) is 0 Å². The molecule has 1 aromatic rings. The normalized spacial score (nSPS) is 9.74. The number of primary amides is 1. The highest BCUT2D eigenvalue weighted by atomic mass is 16.6. The minimum Gasteiger partial charge on any atom is -0.380 e. The third-order valence-electron chi connectivity index (χ3n) is 2.25. The lowest BCUT2D eigenvalue weighted by Crippen LogP contribution is -2.33. The molecule has 19 heavy (non-hydrogen) atoms. The van der Waals surface area contributed by atoms with E-state index in [1.807, 2.05) is 0 Å². The molecule has 0 fully saturated rings. The maximum atomic E-state index is 11.6. The number of nitrogens with one attached hydrogen (secondary N) is 2. The van der Waals surface area contributed by atoms with Gasteiger partial charge in [0.05, 0.1) is 11.5 Å². The molecule has 0 aliphatic rings. The average Bonchev–Trinajstić information content (AvgIpc) is 2.36. The first-order valence-electron chi connectivity index (χ1n) is 5.54. The number of nitro benzene ring substituents is 1. The molecule has 8 heteroatoms. The number of nitrogens with two attached hydrogens (primary N) is 1. The number of hydrogen-bond acceptors (Lipinski definition) is 5. The molecule has 1 aromatic carbocycles. The zero-order valence-corrected chi connectivity index (χ0v) is 10.3. The summed E-state index contributed by atoms with van der Waals surface area (Å²) in [6.45, 7) is 2.01. The Morgan fingerprint density at radius 2 is 2.11 bits per heavy atom. The van der Waals surface area contributed by atoms with Crippen molar-refractivity contribution in [1.82, 2.24) is 5.32 Å². The maximum Gasteiger partial charge on any atom is 0.293 e. The highest BCUT2D eigenvalue weighted by Crippen LogP contribution is 2.25. The molecule has 1 rings (SSSR count). The Bertz CT molecular complexity index is 515. The first-order chi connectivity index (χ1) is 8.95. The molecule has 0 aliphatic carbocycles. The van der Waals surface area contributed by atoms with Crippen LogP contribution in [0.1, 0.15) is 17.3 Å². The molecular formula is C11H14N4O4. The van der Waals surface area contributed by atoms with Gasteiger partial charge in [-0.3, -0.25) is 19.7 Å². The Hall–Kier alpha value is -2.64. The van der Waals surface area contributed by atoms with Crippen LogP contribution in [0, 0.1) is 10.1 Å². The van der Waals surface area contributed by atoms with E-state index in [0.29, 0.717) is 12.2 Å². The van der Waals surface area contributed by atoms with Gasteiger partial charge in [0, 0.05) is 18.2 Å². The number of anilines is 1. The minimum absolute atomic E-state index is 0.0922. The lowest BCUT2D eigenvalue weighted by molar-refractivity contribution is -0.384. The summed E-state index contributed by atoms with van der Waals surface area (Å²) in [6.07, 6.45) is 0. The van der Waals surface area contributed by atoms with Crippen molar-refractivity contribution in [3.8, 4) is 0 Å². The second-order valence-electron chi connectivity index (χ2n) is 3.67. The lowest BCUT2D eigenvalue weighted by Gasteiger charge is -2.07. The summed E-state index contributed by atoms with van der Waals surface area (Å²) in [5, 5.41) is 16.0. The van der Waals surface area contributed by atoms with Crippen molar-refractivity contribution < 1.29 is 14.5 Å². The zero-order valence-electron chi connectivity index (χ0n) is 10.3. The van der Waals surface area contributed by atoms with Crippen molar-refractivity contribution >= 4 is 23.2 Å². The van der Waals surface area contributed by atoms with Gasteiger partial charge in [-0.15, -0.1) is 0 Å². The number of carbonyl (C=O) groups is 2. The summed E-state index contributed by atoms with van der Waals surface area (Å²) in [6, 6.07) is 4.02. The van der Waals surface area contributed by atoms with Crippen LogP contribution in [0.15, 0.2) is 18.2 Å². The molecule has 0 atom stereocenters. The summed E-state index contributed by atoms with van der Waals surface area (Å²) in [7, 11) is 0. The van der Waals surface area contributed by atoms with Crippen LogP contribution >= 0.6 is 0 Å². The van der Waals surface area contributed by atoms with Gasteiger partial charge in [0.25, 0.3) is 11.6 Å². The summed E-state index contributed by atoms with van der Waals surface area (Å²) < 4.78 is 0. The Labute approximate surface area is 109 Å². The topological polar surface area (TPSA) is 127 Å². The average molecular weight is 266 g/mol. The fourth-order valence-corrected chi connectivity index (χ4v) is 1.43. The van der Waals surface area contributed by atoms with Gasteiger partial charge in [-0.05, 0) is 19.1 Å². The quantitative estimate of drug-likeness (QED) is 0.502. The van der Waals surface area contributed by atoms with Crippen LogP contribution in [0.5, 0.6) is 0 Å². The van der Waals surface area contributed by atoms with E-state index in [0.717, 1.165) is 6.07 Å². The van der Waals surface area contributed by atoms with E-state index in [2.05, 4.69) is 10.6 Å². The van der Waals surface area contributed by atoms with Gasteiger partial charge >= 0.3 is 0 Å². The first-order valence-corrected chi connectivity index (χ1v) is 5.54. The fraction of sp³-hybridized carbons (Fsp3) is 0.273. The standard InChI is InChI=1S/C11H14N4O4/c1-2-13-8-4-3-7(5-9(8)15(18)19)11(17)14-6-10(12)16/h3-5,13H,2,6H2,1H3,(H2,12,16)(H,14,17). The Balaban J connectivity index is 2.97. The second kappa shape index (κ2) is 6.34. The largest absolute Gasteiger partial charge is 0.380 e. The molecule has 0 aromatic heterocycles. The monoisotopic (exact) mass is 266 g/mol. The molecule has 0 bridgehead atoms. The van der Waals surface area contributed by atoms with Gasteiger partial charge in [-0.25, -0.2) is 0 Å². The van der Waals surface area contributed by atoms with Gasteiger partial charge in [0.15, 0.2) is 0 Å². The number of nitro groups is 1. The minimum atomic E-state index is -0.688. The number of hydrogen-bond donors (Lipinski definition) is 3. The van der Waals surface area contributed by atoms with E-state index in [1.54, 1.807) is 6.92 Å². The van der Waals surface area contributed by atoms with E-state index >= 15 is 0 Å². The Morgan fingerprint density at radius 3 is 2.63 bits per heavy atom. The molecule has 0 saturated heterocycles. The van der Waals surface area contributed by atoms with Crippen molar-refractivity contribution in [1.29, 1.82) is 0 Å². The number of nitrogens with zero attached hydrogens (tertiary/aromatic N) is 1. The molecule has 0 saturated carbocycles. The highest BCUT2D eigenvalue weighted by Gasteiger charge is 2.17. The molecule has 0 unspecified atom stereocenters. The number of amides is 2.